The molecule has 0 unspecified atom stereocenters. The highest BCUT2D eigenvalue weighted by Crippen LogP contribution is 2.29. The maximum absolute atomic E-state index is 11.7. The predicted octanol–water partition coefficient (Wildman–Crippen LogP) is 2.66. The molecule has 0 heterocycles. The average Bonchev–Trinajstić information content (AvgIpc) is 2.27. The van der Waals surface area contributed by atoms with Crippen molar-refractivity contribution in [3.63, 3.8) is 0 Å². The first-order chi connectivity index (χ1) is 7.86. The van der Waals surface area contributed by atoms with Crippen molar-refractivity contribution in [2.45, 2.75) is 20.8 Å². The minimum atomic E-state index is -0.545. The number of hydrogen-bond acceptors (Lipinski definition) is 4. The van der Waals surface area contributed by atoms with Crippen molar-refractivity contribution in [1.82, 2.24) is 0 Å². The zero-order chi connectivity index (χ0) is 13.1. The van der Waals surface area contributed by atoms with Gasteiger partial charge in [-0.2, -0.15) is 0 Å². The molecule has 0 amide bonds. The molecule has 0 aliphatic carbocycles. The zero-order valence-electron chi connectivity index (χ0n) is 10.9. The van der Waals surface area contributed by atoms with Gasteiger partial charge >= 0.3 is 5.97 Å². The van der Waals surface area contributed by atoms with E-state index in [9.17, 15) is 4.79 Å². The molecule has 94 valence electrons. The highest BCUT2D eigenvalue weighted by Gasteiger charge is 2.24. The number of rotatable bonds is 3. The highest BCUT2D eigenvalue weighted by molar-refractivity contribution is 5.78. The summed E-state index contributed by atoms with van der Waals surface area (Å²) in [5, 5.41) is 0. The lowest BCUT2D eigenvalue weighted by molar-refractivity contribution is -0.143. The summed E-state index contributed by atoms with van der Waals surface area (Å²) in [6, 6.07) is 5.01. The summed E-state index contributed by atoms with van der Waals surface area (Å²) in [7, 11) is 3.09. The Morgan fingerprint density at radius 1 is 0.941 bits per heavy atom. The van der Waals surface area contributed by atoms with Crippen molar-refractivity contribution in [2.24, 2.45) is 5.41 Å². The number of carbonyl (C=O) groups is 1. The third kappa shape index (κ3) is 3.66. The number of methoxy groups -OCH3 is 2. The number of ether oxygens (including phenoxy) is 3. The van der Waals surface area contributed by atoms with E-state index in [-0.39, 0.29) is 5.97 Å². The van der Waals surface area contributed by atoms with Crippen LogP contribution in [0.4, 0.5) is 0 Å². The lowest BCUT2D eigenvalue weighted by Gasteiger charge is -2.17. The lowest BCUT2D eigenvalue weighted by atomic mass is 9.97. The van der Waals surface area contributed by atoms with E-state index < -0.39 is 5.41 Å². The first-order valence-corrected chi connectivity index (χ1v) is 5.32. The molecule has 0 radical (unpaired) electrons. The monoisotopic (exact) mass is 238 g/mol. The Balaban J connectivity index is 2.94. The van der Waals surface area contributed by atoms with E-state index >= 15 is 0 Å². The molecule has 1 aromatic carbocycles. The van der Waals surface area contributed by atoms with E-state index in [1.165, 1.54) is 0 Å². The second-order valence-electron chi connectivity index (χ2n) is 4.69. The molecular weight excluding hydrogens is 220 g/mol. The number of hydrogen-bond donors (Lipinski definition) is 0. The number of esters is 1. The number of benzene rings is 1. The maximum atomic E-state index is 11.7. The van der Waals surface area contributed by atoms with Gasteiger partial charge in [0, 0.05) is 18.2 Å². The normalized spacial score (nSPS) is 10.9. The van der Waals surface area contributed by atoms with E-state index in [0.717, 1.165) is 0 Å². The first-order valence-electron chi connectivity index (χ1n) is 5.32. The quantitative estimate of drug-likeness (QED) is 0.600. The minimum absolute atomic E-state index is 0.298. The fourth-order valence-corrected chi connectivity index (χ4v) is 1.10. The van der Waals surface area contributed by atoms with Crippen LogP contribution in [-0.2, 0) is 4.79 Å². The fourth-order valence-electron chi connectivity index (χ4n) is 1.10. The molecular formula is C13H18O4. The summed E-state index contributed by atoms with van der Waals surface area (Å²) >= 11 is 0. The van der Waals surface area contributed by atoms with Gasteiger partial charge in [0.15, 0.2) is 0 Å². The van der Waals surface area contributed by atoms with E-state index in [1.807, 2.05) is 0 Å². The van der Waals surface area contributed by atoms with Crippen LogP contribution in [0.2, 0.25) is 0 Å². The van der Waals surface area contributed by atoms with Crippen molar-refractivity contribution in [1.29, 1.82) is 0 Å². The SMILES string of the molecule is COc1cc(OC)cc(OC(=O)C(C)(C)C)c1. The van der Waals surface area contributed by atoms with Crippen molar-refractivity contribution >= 4 is 5.97 Å². The van der Waals surface area contributed by atoms with Crippen LogP contribution < -0.4 is 14.2 Å². The maximum Gasteiger partial charge on any atom is 0.316 e. The second-order valence-corrected chi connectivity index (χ2v) is 4.69. The van der Waals surface area contributed by atoms with Gasteiger partial charge < -0.3 is 14.2 Å². The molecule has 17 heavy (non-hydrogen) atoms. The van der Waals surface area contributed by atoms with Crippen molar-refractivity contribution in [3.8, 4) is 17.2 Å². The summed E-state index contributed by atoms with van der Waals surface area (Å²) < 4.78 is 15.5. The standard InChI is InChI=1S/C13H18O4/c1-13(2,3)12(14)17-11-7-9(15-4)6-10(8-11)16-5/h6-8H,1-5H3. The van der Waals surface area contributed by atoms with Gasteiger partial charge in [0.1, 0.15) is 17.2 Å². The van der Waals surface area contributed by atoms with Crippen LogP contribution in [0.3, 0.4) is 0 Å². The fraction of sp³-hybridized carbons (Fsp3) is 0.462. The molecule has 0 aliphatic heterocycles. The summed E-state index contributed by atoms with van der Waals surface area (Å²) in [6.45, 7) is 5.40. The summed E-state index contributed by atoms with van der Waals surface area (Å²) in [6.07, 6.45) is 0. The van der Waals surface area contributed by atoms with Crippen LogP contribution in [0.15, 0.2) is 18.2 Å². The van der Waals surface area contributed by atoms with E-state index in [2.05, 4.69) is 0 Å². The summed E-state index contributed by atoms with van der Waals surface area (Å²) in [5.41, 5.74) is -0.545. The molecule has 4 nitrogen and oxygen atoms in total. The van der Waals surface area contributed by atoms with Crippen molar-refractivity contribution in [2.75, 3.05) is 14.2 Å². The predicted molar refractivity (Wildman–Crippen MR) is 64.6 cm³/mol. The average molecular weight is 238 g/mol. The highest BCUT2D eigenvalue weighted by atomic mass is 16.5. The van der Waals surface area contributed by atoms with Crippen LogP contribution in [0, 0.1) is 5.41 Å². The Morgan fingerprint density at radius 3 is 1.71 bits per heavy atom. The molecule has 1 aromatic rings. The second kappa shape index (κ2) is 5.08. The van der Waals surface area contributed by atoms with Gasteiger partial charge in [0.25, 0.3) is 0 Å². The van der Waals surface area contributed by atoms with Gasteiger partial charge in [-0.1, -0.05) is 0 Å². The van der Waals surface area contributed by atoms with Gasteiger partial charge in [-0.05, 0) is 20.8 Å². The zero-order valence-corrected chi connectivity index (χ0v) is 10.9. The molecule has 0 fully saturated rings. The molecule has 4 heteroatoms. The van der Waals surface area contributed by atoms with Gasteiger partial charge in [-0.15, -0.1) is 0 Å². The lowest BCUT2D eigenvalue weighted by Crippen LogP contribution is -2.25. The Kier molecular flexibility index (Phi) is 3.99. The molecule has 0 spiro atoms. The molecule has 1 rings (SSSR count). The van der Waals surface area contributed by atoms with Gasteiger partial charge in [-0.25, -0.2) is 0 Å². The van der Waals surface area contributed by atoms with Crippen LogP contribution in [0.5, 0.6) is 17.2 Å². The molecule has 0 N–H and O–H groups in total. The molecule has 0 saturated carbocycles. The van der Waals surface area contributed by atoms with Crippen LogP contribution in [-0.4, -0.2) is 20.2 Å². The van der Waals surface area contributed by atoms with Crippen LogP contribution in [0.25, 0.3) is 0 Å². The third-order valence-corrected chi connectivity index (χ3v) is 2.15. The van der Waals surface area contributed by atoms with Crippen molar-refractivity contribution < 1.29 is 19.0 Å². The molecule has 0 atom stereocenters. The van der Waals surface area contributed by atoms with Gasteiger partial charge in [-0.3, -0.25) is 4.79 Å². The van der Waals surface area contributed by atoms with Crippen molar-refractivity contribution in [3.05, 3.63) is 18.2 Å². The van der Waals surface area contributed by atoms with Crippen LogP contribution in [0.1, 0.15) is 20.8 Å². The Hall–Kier alpha value is -1.71. The molecule has 0 bridgehead atoms. The molecule has 0 aliphatic rings. The summed E-state index contributed by atoms with van der Waals surface area (Å²) in [5.74, 6) is 1.29. The topological polar surface area (TPSA) is 44.8 Å². The van der Waals surface area contributed by atoms with Gasteiger partial charge in [0.2, 0.25) is 0 Å². The van der Waals surface area contributed by atoms with E-state index in [4.69, 9.17) is 14.2 Å². The minimum Gasteiger partial charge on any atom is -0.496 e. The van der Waals surface area contributed by atoms with Crippen LogP contribution >= 0.6 is 0 Å². The largest absolute Gasteiger partial charge is 0.496 e. The van der Waals surface area contributed by atoms with E-state index in [1.54, 1.807) is 53.2 Å². The van der Waals surface area contributed by atoms with E-state index in [0.29, 0.717) is 17.2 Å². The Bertz CT molecular complexity index is 382. The smallest absolute Gasteiger partial charge is 0.316 e. The first kappa shape index (κ1) is 13.4. The molecule has 0 aromatic heterocycles. The Labute approximate surface area is 101 Å². The third-order valence-electron chi connectivity index (χ3n) is 2.15. The summed E-state index contributed by atoms with van der Waals surface area (Å²) in [4.78, 5) is 11.7. The Morgan fingerprint density at radius 2 is 1.35 bits per heavy atom. The van der Waals surface area contributed by atoms with Gasteiger partial charge in [0.05, 0.1) is 19.6 Å². The number of carbonyl (C=O) groups excluding carboxylic acids is 1. The molecule has 0 saturated heterocycles.